The summed E-state index contributed by atoms with van der Waals surface area (Å²) in [7, 11) is -0.0831. The standard InChI is InChI=1S/C14H21BO2/c1-13(2)14(3,4)17-15(16-13)11-10-12-8-6-5-7-9-12/h5-9H,10-11H2,1-4H3. The summed E-state index contributed by atoms with van der Waals surface area (Å²) >= 11 is 0. The molecule has 1 aromatic carbocycles. The zero-order valence-electron chi connectivity index (χ0n) is 11.2. The van der Waals surface area contributed by atoms with E-state index in [4.69, 9.17) is 9.31 Å². The minimum atomic E-state index is -0.214. The molecule has 0 bridgehead atoms. The second kappa shape index (κ2) is 4.47. The number of hydrogen-bond donors (Lipinski definition) is 0. The third kappa shape index (κ3) is 2.72. The summed E-state index contributed by atoms with van der Waals surface area (Å²) < 4.78 is 11.9. The van der Waals surface area contributed by atoms with Gasteiger partial charge in [-0.15, -0.1) is 0 Å². The Morgan fingerprint density at radius 2 is 1.47 bits per heavy atom. The molecule has 1 aliphatic heterocycles. The van der Waals surface area contributed by atoms with Gasteiger partial charge in [-0.2, -0.15) is 0 Å². The molecule has 0 unspecified atom stereocenters. The van der Waals surface area contributed by atoms with Crippen molar-refractivity contribution in [1.82, 2.24) is 0 Å². The first kappa shape index (κ1) is 12.7. The number of aryl methyl sites for hydroxylation is 1. The molecule has 2 nitrogen and oxygen atoms in total. The average molecular weight is 232 g/mol. The summed E-state index contributed by atoms with van der Waals surface area (Å²) in [6, 6.07) is 10.5. The Kier molecular flexibility index (Phi) is 3.33. The Labute approximate surface area is 104 Å². The first-order valence-corrected chi connectivity index (χ1v) is 6.30. The normalized spacial score (nSPS) is 21.8. The van der Waals surface area contributed by atoms with E-state index in [9.17, 15) is 0 Å². The monoisotopic (exact) mass is 232 g/mol. The van der Waals surface area contributed by atoms with Crippen molar-refractivity contribution < 1.29 is 9.31 Å². The molecule has 2 rings (SSSR count). The minimum absolute atomic E-state index is 0.0831. The van der Waals surface area contributed by atoms with Gasteiger partial charge >= 0.3 is 7.12 Å². The van der Waals surface area contributed by atoms with Gasteiger partial charge in [-0.05, 0) is 46.0 Å². The van der Waals surface area contributed by atoms with Gasteiger partial charge in [0.25, 0.3) is 0 Å². The largest absolute Gasteiger partial charge is 0.458 e. The highest BCUT2D eigenvalue weighted by Crippen LogP contribution is 2.37. The van der Waals surface area contributed by atoms with E-state index in [2.05, 4.69) is 52.0 Å². The van der Waals surface area contributed by atoms with Crippen LogP contribution in [0.5, 0.6) is 0 Å². The molecule has 3 heteroatoms. The SMILES string of the molecule is CC1(C)OB(CCc2ccccc2)OC1(C)C. The van der Waals surface area contributed by atoms with Crippen LogP contribution < -0.4 is 0 Å². The van der Waals surface area contributed by atoms with Crippen molar-refractivity contribution in [3.63, 3.8) is 0 Å². The quantitative estimate of drug-likeness (QED) is 0.744. The summed E-state index contributed by atoms with van der Waals surface area (Å²) in [6.07, 6.45) is 1.91. The summed E-state index contributed by atoms with van der Waals surface area (Å²) in [6.45, 7) is 8.37. The van der Waals surface area contributed by atoms with Crippen LogP contribution in [0.4, 0.5) is 0 Å². The first-order valence-electron chi connectivity index (χ1n) is 6.30. The summed E-state index contributed by atoms with van der Waals surface area (Å²) in [5.74, 6) is 0. The molecule has 0 spiro atoms. The molecule has 0 N–H and O–H groups in total. The van der Waals surface area contributed by atoms with Gasteiger partial charge in [0.05, 0.1) is 11.2 Å². The lowest BCUT2D eigenvalue weighted by Crippen LogP contribution is -2.41. The van der Waals surface area contributed by atoms with Crippen molar-refractivity contribution in [2.24, 2.45) is 0 Å². The zero-order valence-corrected chi connectivity index (χ0v) is 11.2. The number of hydrogen-bond acceptors (Lipinski definition) is 2. The fraction of sp³-hybridized carbons (Fsp3) is 0.571. The molecule has 17 heavy (non-hydrogen) atoms. The van der Waals surface area contributed by atoms with Crippen LogP contribution >= 0.6 is 0 Å². The van der Waals surface area contributed by atoms with Crippen molar-refractivity contribution >= 4 is 7.12 Å². The molecule has 1 fully saturated rings. The van der Waals surface area contributed by atoms with Crippen LogP contribution in [0.1, 0.15) is 33.3 Å². The minimum Gasteiger partial charge on any atom is -0.403 e. The van der Waals surface area contributed by atoms with Gasteiger partial charge in [0, 0.05) is 0 Å². The number of benzene rings is 1. The molecule has 0 aromatic heterocycles. The van der Waals surface area contributed by atoms with E-state index < -0.39 is 0 Å². The lowest BCUT2D eigenvalue weighted by molar-refractivity contribution is 0.00578. The van der Waals surface area contributed by atoms with Crippen molar-refractivity contribution in [1.29, 1.82) is 0 Å². The van der Waals surface area contributed by atoms with E-state index in [0.717, 1.165) is 12.7 Å². The molecule has 0 saturated carbocycles. The molecule has 1 saturated heterocycles. The van der Waals surface area contributed by atoms with E-state index in [1.165, 1.54) is 5.56 Å². The van der Waals surface area contributed by atoms with Crippen molar-refractivity contribution in [3.05, 3.63) is 35.9 Å². The maximum atomic E-state index is 5.96. The molecule has 0 amide bonds. The van der Waals surface area contributed by atoms with Crippen LogP contribution in [0, 0.1) is 0 Å². The number of rotatable bonds is 3. The maximum absolute atomic E-state index is 5.96. The second-order valence-corrected chi connectivity index (χ2v) is 5.71. The van der Waals surface area contributed by atoms with Gasteiger partial charge in [0.2, 0.25) is 0 Å². The predicted octanol–water partition coefficient (Wildman–Crippen LogP) is 3.32. The molecule has 1 heterocycles. The van der Waals surface area contributed by atoms with Gasteiger partial charge in [-0.25, -0.2) is 0 Å². The summed E-state index contributed by atoms with van der Waals surface area (Å²) in [4.78, 5) is 0. The van der Waals surface area contributed by atoms with Crippen LogP contribution in [-0.4, -0.2) is 18.3 Å². The fourth-order valence-corrected chi connectivity index (χ4v) is 2.01. The Bertz CT molecular complexity index is 357. The Hall–Kier alpha value is -0.795. The Morgan fingerprint density at radius 1 is 0.941 bits per heavy atom. The fourth-order valence-electron chi connectivity index (χ4n) is 2.01. The maximum Gasteiger partial charge on any atom is 0.458 e. The van der Waals surface area contributed by atoms with Gasteiger partial charge in [0.1, 0.15) is 0 Å². The highest BCUT2D eigenvalue weighted by atomic mass is 16.7. The van der Waals surface area contributed by atoms with Crippen LogP contribution in [0.15, 0.2) is 30.3 Å². The molecule has 92 valence electrons. The predicted molar refractivity (Wildman–Crippen MR) is 71.0 cm³/mol. The molecule has 0 atom stereocenters. The van der Waals surface area contributed by atoms with Crippen molar-refractivity contribution in [3.8, 4) is 0 Å². The topological polar surface area (TPSA) is 18.5 Å². The smallest absolute Gasteiger partial charge is 0.403 e. The van der Waals surface area contributed by atoms with E-state index in [1.807, 2.05) is 6.07 Å². The van der Waals surface area contributed by atoms with E-state index >= 15 is 0 Å². The van der Waals surface area contributed by atoms with Gasteiger partial charge in [-0.1, -0.05) is 30.3 Å². The van der Waals surface area contributed by atoms with Gasteiger partial charge in [-0.3, -0.25) is 0 Å². The lowest BCUT2D eigenvalue weighted by Gasteiger charge is -2.32. The molecular weight excluding hydrogens is 211 g/mol. The van der Waals surface area contributed by atoms with Gasteiger partial charge in [0.15, 0.2) is 0 Å². The highest BCUT2D eigenvalue weighted by molar-refractivity contribution is 6.45. The zero-order chi connectivity index (χ0) is 12.5. The Morgan fingerprint density at radius 3 is 2.00 bits per heavy atom. The van der Waals surface area contributed by atoms with Crippen LogP contribution in [0.2, 0.25) is 6.32 Å². The molecule has 1 aromatic rings. The van der Waals surface area contributed by atoms with Crippen LogP contribution in [-0.2, 0) is 15.7 Å². The third-order valence-corrected chi connectivity index (χ3v) is 3.81. The lowest BCUT2D eigenvalue weighted by atomic mass is 9.81. The molecule has 1 aliphatic rings. The molecular formula is C14H21BO2. The average Bonchev–Trinajstić information content (AvgIpc) is 2.46. The first-order chi connectivity index (χ1) is 7.91. The Balaban J connectivity index is 1.91. The third-order valence-electron chi connectivity index (χ3n) is 3.81. The van der Waals surface area contributed by atoms with Gasteiger partial charge < -0.3 is 9.31 Å². The molecule has 0 aliphatic carbocycles. The van der Waals surface area contributed by atoms with E-state index in [-0.39, 0.29) is 18.3 Å². The van der Waals surface area contributed by atoms with E-state index in [1.54, 1.807) is 0 Å². The summed E-state index contributed by atoms with van der Waals surface area (Å²) in [5.41, 5.74) is 0.908. The second-order valence-electron chi connectivity index (χ2n) is 5.71. The van der Waals surface area contributed by atoms with Crippen molar-refractivity contribution in [2.75, 3.05) is 0 Å². The van der Waals surface area contributed by atoms with E-state index in [0.29, 0.717) is 0 Å². The summed E-state index contributed by atoms with van der Waals surface area (Å²) in [5, 5.41) is 0. The van der Waals surface area contributed by atoms with Crippen LogP contribution in [0.25, 0.3) is 0 Å². The van der Waals surface area contributed by atoms with Crippen molar-refractivity contribution in [2.45, 2.75) is 51.6 Å². The van der Waals surface area contributed by atoms with Crippen LogP contribution in [0.3, 0.4) is 0 Å². The highest BCUT2D eigenvalue weighted by Gasteiger charge is 2.50. The molecule has 0 radical (unpaired) electrons.